The molecule has 0 N–H and O–H groups in total. The monoisotopic (exact) mass is 523 g/mol. The molecule has 38 heavy (non-hydrogen) atoms. The van der Waals surface area contributed by atoms with Crippen molar-refractivity contribution in [3.8, 4) is 5.75 Å². The molecule has 2 aliphatic heterocycles. The number of nitrogens with zero attached hydrogens (tertiary/aromatic N) is 3. The van der Waals surface area contributed by atoms with E-state index in [1.54, 1.807) is 41.3 Å². The molecule has 0 saturated carbocycles. The van der Waals surface area contributed by atoms with Gasteiger partial charge in [0.15, 0.2) is 11.6 Å². The molecule has 8 heteroatoms. The van der Waals surface area contributed by atoms with Crippen LogP contribution in [0, 0.1) is 17.5 Å². The summed E-state index contributed by atoms with van der Waals surface area (Å²) >= 11 is 0. The highest BCUT2D eigenvalue weighted by molar-refractivity contribution is 5.96. The van der Waals surface area contributed by atoms with Crippen LogP contribution in [0.15, 0.2) is 66.7 Å². The molecule has 1 atom stereocenters. The second-order valence-electron chi connectivity index (χ2n) is 9.89. The maximum absolute atomic E-state index is 14.3. The van der Waals surface area contributed by atoms with Crippen LogP contribution in [0.1, 0.15) is 29.9 Å². The maximum atomic E-state index is 14.3. The average molecular weight is 524 g/mol. The van der Waals surface area contributed by atoms with Crippen LogP contribution in [0.2, 0.25) is 0 Å². The van der Waals surface area contributed by atoms with Crippen LogP contribution in [0.25, 0.3) is 0 Å². The Morgan fingerprint density at radius 1 is 0.842 bits per heavy atom. The number of carbonyl (C=O) groups is 1. The Balaban J connectivity index is 1.19. The van der Waals surface area contributed by atoms with Crippen LogP contribution in [0.5, 0.6) is 5.75 Å². The average Bonchev–Trinajstić information content (AvgIpc) is 3.10. The van der Waals surface area contributed by atoms with Gasteiger partial charge < -0.3 is 9.64 Å². The first-order valence-corrected chi connectivity index (χ1v) is 13.2. The van der Waals surface area contributed by atoms with Gasteiger partial charge in [0.25, 0.3) is 0 Å². The zero-order chi connectivity index (χ0) is 26.5. The summed E-state index contributed by atoms with van der Waals surface area (Å²) in [7, 11) is 0. The van der Waals surface area contributed by atoms with Gasteiger partial charge in [-0.05, 0) is 60.4 Å². The van der Waals surface area contributed by atoms with Crippen molar-refractivity contribution >= 4 is 11.6 Å². The number of halogens is 3. The predicted octanol–water partition coefficient (Wildman–Crippen LogP) is 5.06. The Morgan fingerprint density at radius 2 is 1.55 bits per heavy atom. The number of hydrogen-bond acceptors (Lipinski definition) is 4. The second kappa shape index (κ2) is 12.0. The molecule has 3 aromatic rings. The third-order valence-electron chi connectivity index (χ3n) is 7.43. The highest BCUT2D eigenvalue weighted by atomic mass is 19.1. The fourth-order valence-corrected chi connectivity index (χ4v) is 5.37. The van der Waals surface area contributed by atoms with Gasteiger partial charge >= 0.3 is 0 Å². The van der Waals surface area contributed by atoms with Crippen molar-refractivity contribution in [2.75, 3.05) is 57.3 Å². The van der Waals surface area contributed by atoms with E-state index in [2.05, 4.69) is 9.80 Å². The molecule has 5 rings (SSSR count). The summed E-state index contributed by atoms with van der Waals surface area (Å²) in [6.07, 6.45) is 1.56. The van der Waals surface area contributed by atoms with Gasteiger partial charge in [-0.1, -0.05) is 30.3 Å². The number of rotatable bonds is 7. The van der Waals surface area contributed by atoms with Crippen molar-refractivity contribution in [2.24, 2.45) is 0 Å². The molecule has 0 aromatic heterocycles. The number of para-hydroxylation sites is 1. The molecule has 200 valence electrons. The summed E-state index contributed by atoms with van der Waals surface area (Å²) in [4.78, 5) is 19.5. The first kappa shape index (κ1) is 26.3. The fraction of sp³-hybridized carbons (Fsp3) is 0.367. The molecule has 1 saturated heterocycles. The lowest BCUT2D eigenvalue weighted by atomic mass is 9.87. The second-order valence-corrected chi connectivity index (χ2v) is 9.89. The van der Waals surface area contributed by atoms with Crippen LogP contribution < -0.4 is 9.64 Å². The number of amides is 1. The van der Waals surface area contributed by atoms with Crippen molar-refractivity contribution < 1.29 is 22.7 Å². The molecule has 1 unspecified atom stereocenters. The zero-order valence-corrected chi connectivity index (χ0v) is 21.3. The van der Waals surface area contributed by atoms with Gasteiger partial charge in [0, 0.05) is 45.2 Å². The van der Waals surface area contributed by atoms with Crippen molar-refractivity contribution in [1.29, 1.82) is 0 Å². The molecule has 2 heterocycles. The third kappa shape index (κ3) is 6.19. The molecule has 0 spiro atoms. The number of piperazine rings is 1. The van der Waals surface area contributed by atoms with E-state index < -0.39 is 0 Å². The van der Waals surface area contributed by atoms with Crippen LogP contribution in [0.4, 0.5) is 18.9 Å². The molecule has 5 nitrogen and oxygen atoms in total. The number of fused-ring (bicyclic) bond motifs is 1. The SMILES string of the molecule is O=C(CN1CCN(CCOc2ccccc2F)CC1)N1CCCC(c2ccc(F)cc2)c2ccc(F)cc21. The van der Waals surface area contributed by atoms with Gasteiger partial charge in [-0.25, -0.2) is 13.2 Å². The predicted molar refractivity (Wildman–Crippen MR) is 141 cm³/mol. The molecule has 2 aliphatic rings. The number of hydrogen-bond donors (Lipinski definition) is 0. The van der Waals surface area contributed by atoms with E-state index in [1.165, 1.54) is 30.3 Å². The van der Waals surface area contributed by atoms with Gasteiger partial charge in [-0.2, -0.15) is 0 Å². The van der Waals surface area contributed by atoms with Gasteiger partial charge in [0.05, 0.1) is 12.2 Å². The molecule has 0 aliphatic carbocycles. The summed E-state index contributed by atoms with van der Waals surface area (Å²) in [5, 5.41) is 0. The van der Waals surface area contributed by atoms with Crippen molar-refractivity contribution in [3.63, 3.8) is 0 Å². The first-order valence-electron chi connectivity index (χ1n) is 13.2. The number of carbonyl (C=O) groups excluding carboxylic acids is 1. The summed E-state index contributed by atoms with van der Waals surface area (Å²) < 4.78 is 47.2. The van der Waals surface area contributed by atoms with Crippen LogP contribution in [-0.4, -0.2) is 68.1 Å². The van der Waals surface area contributed by atoms with Crippen LogP contribution in [0.3, 0.4) is 0 Å². The molecular formula is C30H32F3N3O2. The van der Waals surface area contributed by atoms with Gasteiger partial charge in [0.2, 0.25) is 5.91 Å². The molecule has 0 radical (unpaired) electrons. The molecular weight excluding hydrogens is 491 g/mol. The summed E-state index contributed by atoms with van der Waals surface area (Å²) in [6, 6.07) is 17.4. The minimum Gasteiger partial charge on any atom is -0.489 e. The molecule has 3 aromatic carbocycles. The standard InChI is InChI=1S/C30H32F3N3O2/c31-23-9-7-22(8-10-23)25-4-3-13-36(28-20-24(32)11-12-26(25)28)30(37)21-35-16-14-34(15-17-35)18-19-38-29-6-2-1-5-27(29)33/h1-2,5-12,20,25H,3-4,13-19,21H2. The summed E-state index contributed by atoms with van der Waals surface area (Å²) in [5.74, 6) is -0.863. The Morgan fingerprint density at radius 3 is 2.32 bits per heavy atom. The van der Waals surface area contributed by atoms with Crippen molar-refractivity contribution in [3.05, 3.63) is 95.3 Å². The lowest BCUT2D eigenvalue weighted by Crippen LogP contribution is -2.51. The third-order valence-corrected chi connectivity index (χ3v) is 7.43. The Labute approximate surface area is 221 Å². The smallest absolute Gasteiger partial charge is 0.241 e. The number of benzene rings is 3. The number of ether oxygens (including phenoxy) is 1. The Kier molecular flexibility index (Phi) is 8.29. The molecule has 1 amide bonds. The van der Waals surface area contributed by atoms with Gasteiger partial charge in [0.1, 0.15) is 18.2 Å². The minimum atomic E-state index is -0.382. The van der Waals surface area contributed by atoms with E-state index in [1.807, 2.05) is 0 Å². The van der Waals surface area contributed by atoms with Crippen LogP contribution >= 0.6 is 0 Å². The lowest BCUT2D eigenvalue weighted by Gasteiger charge is -2.35. The molecule has 0 bridgehead atoms. The van der Waals surface area contributed by atoms with E-state index in [4.69, 9.17) is 4.74 Å². The fourth-order valence-electron chi connectivity index (χ4n) is 5.37. The van der Waals surface area contributed by atoms with E-state index in [0.717, 1.165) is 50.1 Å². The Hall–Kier alpha value is -3.36. The Bertz CT molecular complexity index is 1250. The normalized spacial score (nSPS) is 18.6. The lowest BCUT2D eigenvalue weighted by molar-refractivity contribution is -0.120. The van der Waals surface area contributed by atoms with E-state index in [0.29, 0.717) is 25.4 Å². The van der Waals surface area contributed by atoms with E-state index >= 15 is 0 Å². The largest absolute Gasteiger partial charge is 0.489 e. The van der Waals surface area contributed by atoms with Crippen LogP contribution in [-0.2, 0) is 4.79 Å². The molecule has 1 fully saturated rings. The quantitative estimate of drug-likeness (QED) is 0.434. The van der Waals surface area contributed by atoms with Gasteiger partial charge in [-0.3, -0.25) is 14.6 Å². The van der Waals surface area contributed by atoms with Crippen molar-refractivity contribution in [2.45, 2.75) is 18.8 Å². The highest BCUT2D eigenvalue weighted by Gasteiger charge is 2.29. The van der Waals surface area contributed by atoms with E-state index in [-0.39, 0.29) is 41.6 Å². The van der Waals surface area contributed by atoms with E-state index in [9.17, 15) is 18.0 Å². The topological polar surface area (TPSA) is 36.0 Å². The minimum absolute atomic E-state index is 0.0286. The van der Waals surface area contributed by atoms with Gasteiger partial charge in [-0.15, -0.1) is 0 Å². The number of anilines is 1. The zero-order valence-electron chi connectivity index (χ0n) is 21.3. The summed E-state index contributed by atoms with van der Waals surface area (Å²) in [5.41, 5.74) is 2.46. The first-order chi connectivity index (χ1) is 18.5. The maximum Gasteiger partial charge on any atom is 0.241 e. The summed E-state index contributed by atoms with van der Waals surface area (Å²) in [6.45, 7) is 4.88. The highest BCUT2D eigenvalue weighted by Crippen LogP contribution is 2.39. The van der Waals surface area contributed by atoms with Crippen molar-refractivity contribution in [1.82, 2.24) is 9.80 Å².